The van der Waals surface area contributed by atoms with Gasteiger partial charge in [0.2, 0.25) is 0 Å². The van der Waals surface area contributed by atoms with Gasteiger partial charge in [-0.25, -0.2) is 8.42 Å². The second kappa shape index (κ2) is 6.00. The summed E-state index contributed by atoms with van der Waals surface area (Å²) in [5.74, 6) is 0. The lowest BCUT2D eigenvalue weighted by Gasteiger charge is -2.16. The van der Waals surface area contributed by atoms with Crippen molar-refractivity contribution in [3.8, 4) is 0 Å². The standard InChI is InChI=1S/C16H18N2O4S/c1-10-8-11(2)13(4)16(12(10)3)23(21,22)17-14-6-5-7-15(9-14)18(19)20/h5-9,17H,1-4H3. The summed E-state index contributed by atoms with van der Waals surface area (Å²) in [6, 6.07) is 7.38. The first-order valence-corrected chi connectivity index (χ1v) is 8.46. The third kappa shape index (κ3) is 3.34. The Morgan fingerprint density at radius 2 is 1.57 bits per heavy atom. The van der Waals surface area contributed by atoms with Crippen LogP contribution in [-0.4, -0.2) is 13.3 Å². The zero-order valence-electron chi connectivity index (χ0n) is 13.4. The van der Waals surface area contributed by atoms with E-state index in [1.165, 1.54) is 24.3 Å². The van der Waals surface area contributed by atoms with Gasteiger partial charge in [0.15, 0.2) is 0 Å². The Balaban J connectivity index is 2.53. The molecule has 6 nitrogen and oxygen atoms in total. The van der Waals surface area contributed by atoms with Crippen LogP contribution in [0, 0.1) is 37.8 Å². The molecule has 0 amide bonds. The molecule has 0 aromatic heterocycles. The number of benzene rings is 2. The Labute approximate surface area is 135 Å². The lowest BCUT2D eigenvalue weighted by atomic mass is 10.0. The van der Waals surface area contributed by atoms with Gasteiger partial charge < -0.3 is 0 Å². The van der Waals surface area contributed by atoms with Crippen molar-refractivity contribution < 1.29 is 13.3 Å². The predicted molar refractivity (Wildman–Crippen MR) is 89.3 cm³/mol. The van der Waals surface area contributed by atoms with E-state index in [9.17, 15) is 18.5 Å². The normalized spacial score (nSPS) is 11.3. The molecule has 0 saturated carbocycles. The average molecular weight is 334 g/mol. The maximum atomic E-state index is 12.7. The molecule has 0 atom stereocenters. The Bertz CT molecular complexity index is 863. The SMILES string of the molecule is Cc1cc(C)c(C)c(S(=O)(=O)Nc2cccc([N+](=O)[O-])c2)c1C. The van der Waals surface area contributed by atoms with Crippen molar-refractivity contribution >= 4 is 21.4 Å². The van der Waals surface area contributed by atoms with Crippen molar-refractivity contribution in [3.63, 3.8) is 0 Å². The first-order chi connectivity index (χ1) is 10.6. The van der Waals surface area contributed by atoms with Crippen molar-refractivity contribution in [2.45, 2.75) is 32.6 Å². The summed E-state index contributed by atoms with van der Waals surface area (Å²) in [5.41, 5.74) is 3.10. The molecular formula is C16H18N2O4S. The van der Waals surface area contributed by atoms with Gasteiger partial charge in [-0.05, 0) is 56.0 Å². The van der Waals surface area contributed by atoms with E-state index in [0.29, 0.717) is 11.1 Å². The molecule has 0 radical (unpaired) electrons. The fraction of sp³-hybridized carbons (Fsp3) is 0.250. The molecule has 2 aromatic carbocycles. The highest BCUT2D eigenvalue weighted by Gasteiger charge is 2.22. The van der Waals surface area contributed by atoms with Crippen LogP contribution < -0.4 is 4.72 Å². The molecule has 0 aliphatic rings. The number of nitrogens with zero attached hydrogens (tertiary/aromatic N) is 1. The molecule has 0 spiro atoms. The lowest BCUT2D eigenvalue weighted by molar-refractivity contribution is -0.384. The van der Waals surface area contributed by atoms with E-state index in [2.05, 4.69) is 4.72 Å². The number of hydrogen-bond acceptors (Lipinski definition) is 4. The van der Waals surface area contributed by atoms with Gasteiger partial charge in [0.05, 0.1) is 15.5 Å². The number of hydrogen-bond donors (Lipinski definition) is 1. The molecule has 0 fully saturated rings. The van der Waals surface area contributed by atoms with Crippen LogP contribution in [0.1, 0.15) is 22.3 Å². The summed E-state index contributed by atoms with van der Waals surface area (Å²) in [7, 11) is -3.83. The summed E-state index contributed by atoms with van der Waals surface area (Å²) in [5, 5.41) is 10.8. The molecule has 2 aromatic rings. The molecular weight excluding hydrogens is 316 g/mol. The Kier molecular flexibility index (Phi) is 4.42. The van der Waals surface area contributed by atoms with Crippen molar-refractivity contribution in [1.82, 2.24) is 0 Å². The number of non-ortho nitro benzene ring substituents is 1. The molecule has 1 N–H and O–H groups in total. The third-order valence-corrected chi connectivity index (χ3v) is 5.53. The van der Waals surface area contributed by atoms with Crippen LogP contribution >= 0.6 is 0 Å². The second-order valence-corrected chi connectivity index (χ2v) is 7.12. The topological polar surface area (TPSA) is 89.3 Å². The highest BCUT2D eigenvalue weighted by atomic mass is 32.2. The van der Waals surface area contributed by atoms with Gasteiger partial charge in [0.1, 0.15) is 0 Å². The highest BCUT2D eigenvalue weighted by Crippen LogP contribution is 2.28. The number of rotatable bonds is 4. The van der Waals surface area contributed by atoms with Gasteiger partial charge in [-0.3, -0.25) is 14.8 Å². The van der Waals surface area contributed by atoms with E-state index >= 15 is 0 Å². The summed E-state index contributed by atoms with van der Waals surface area (Å²) < 4.78 is 27.9. The lowest BCUT2D eigenvalue weighted by Crippen LogP contribution is -2.17. The van der Waals surface area contributed by atoms with Crippen LogP contribution in [0.25, 0.3) is 0 Å². The largest absolute Gasteiger partial charge is 0.279 e. The molecule has 0 bridgehead atoms. The number of nitrogens with one attached hydrogen (secondary N) is 1. The van der Waals surface area contributed by atoms with E-state index in [4.69, 9.17) is 0 Å². The van der Waals surface area contributed by atoms with Crippen LogP contribution in [0.15, 0.2) is 35.2 Å². The molecule has 0 saturated heterocycles. The number of aryl methyl sites for hydroxylation is 2. The monoisotopic (exact) mass is 334 g/mol. The molecule has 122 valence electrons. The van der Waals surface area contributed by atoms with Gasteiger partial charge in [-0.1, -0.05) is 12.1 Å². The molecule has 7 heteroatoms. The van der Waals surface area contributed by atoms with Crippen LogP contribution in [0.4, 0.5) is 11.4 Å². The fourth-order valence-corrected chi connectivity index (χ4v) is 4.14. The van der Waals surface area contributed by atoms with Gasteiger partial charge >= 0.3 is 0 Å². The van der Waals surface area contributed by atoms with E-state index < -0.39 is 14.9 Å². The fourth-order valence-electron chi connectivity index (χ4n) is 2.47. The zero-order chi connectivity index (χ0) is 17.4. The third-order valence-electron chi connectivity index (χ3n) is 3.88. The second-order valence-electron chi connectivity index (χ2n) is 5.50. The van der Waals surface area contributed by atoms with E-state index in [1.54, 1.807) is 13.8 Å². The average Bonchev–Trinajstić information content (AvgIpc) is 2.45. The van der Waals surface area contributed by atoms with Crippen molar-refractivity contribution in [1.29, 1.82) is 0 Å². The Hall–Kier alpha value is -2.41. The van der Waals surface area contributed by atoms with Gasteiger partial charge in [-0.15, -0.1) is 0 Å². The van der Waals surface area contributed by atoms with Crippen LogP contribution in [-0.2, 0) is 10.0 Å². The summed E-state index contributed by atoms with van der Waals surface area (Å²) in [6.07, 6.45) is 0. The van der Waals surface area contributed by atoms with Crippen molar-refractivity contribution in [3.05, 3.63) is 62.7 Å². The van der Waals surface area contributed by atoms with Crippen molar-refractivity contribution in [2.75, 3.05) is 4.72 Å². The molecule has 0 aliphatic carbocycles. The van der Waals surface area contributed by atoms with Gasteiger partial charge in [0.25, 0.3) is 15.7 Å². The Morgan fingerprint density at radius 3 is 2.09 bits per heavy atom. The summed E-state index contributed by atoms with van der Waals surface area (Å²) >= 11 is 0. The van der Waals surface area contributed by atoms with E-state index in [-0.39, 0.29) is 16.3 Å². The maximum Gasteiger partial charge on any atom is 0.271 e. The molecule has 23 heavy (non-hydrogen) atoms. The smallest absolute Gasteiger partial charge is 0.271 e. The molecule has 0 aliphatic heterocycles. The van der Waals surface area contributed by atoms with Crippen LogP contribution in [0.5, 0.6) is 0 Å². The minimum atomic E-state index is -3.83. The maximum absolute atomic E-state index is 12.7. The number of sulfonamides is 1. The Morgan fingerprint density at radius 1 is 1.00 bits per heavy atom. The van der Waals surface area contributed by atoms with Crippen LogP contribution in [0.3, 0.4) is 0 Å². The van der Waals surface area contributed by atoms with Gasteiger partial charge in [-0.2, -0.15) is 0 Å². The minimum absolute atomic E-state index is 0.164. The van der Waals surface area contributed by atoms with Gasteiger partial charge in [0, 0.05) is 12.1 Å². The summed E-state index contributed by atoms with van der Waals surface area (Å²) in [6.45, 7) is 7.22. The molecule has 2 rings (SSSR count). The highest BCUT2D eigenvalue weighted by molar-refractivity contribution is 7.92. The number of nitro groups is 1. The predicted octanol–water partition coefficient (Wildman–Crippen LogP) is 3.63. The van der Waals surface area contributed by atoms with E-state index in [0.717, 1.165) is 11.1 Å². The van der Waals surface area contributed by atoms with Crippen molar-refractivity contribution in [2.24, 2.45) is 0 Å². The first kappa shape index (κ1) is 17.0. The zero-order valence-corrected chi connectivity index (χ0v) is 14.2. The number of nitro benzene ring substituents is 1. The van der Waals surface area contributed by atoms with Crippen LogP contribution in [0.2, 0.25) is 0 Å². The molecule has 0 heterocycles. The molecule has 0 unspecified atom stereocenters. The first-order valence-electron chi connectivity index (χ1n) is 6.98. The summed E-state index contributed by atoms with van der Waals surface area (Å²) in [4.78, 5) is 10.5. The quantitative estimate of drug-likeness (QED) is 0.683. The minimum Gasteiger partial charge on any atom is -0.279 e. The number of anilines is 1. The van der Waals surface area contributed by atoms with E-state index in [1.807, 2.05) is 19.9 Å².